The van der Waals surface area contributed by atoms with E-state index in [1.54, 1.807) is 0 Å². The zero-order valence-corrected chi connectivity index (χ0v) is 8.97. The largest absolute Gasteiger partial charge is 0.469 e. The highest BCUT2D eigenvalue weighted by Gasteiger charge is 2.28. The molecule has 0 aromatic heterocycles. The van der Waals surface area contributed by atoms with Crippen LogP contribution in [0.3, 0.4) is 0 Å². The third-order valence-electron chi connectivity index (χ3n) is 2.34. The highest BCUT2D eigenvalue weighted by molar-refractivity contribution is 7.92. The van der Waals surface area contributed by atoms with Gasteiger partial charge in [0.1, 0.15) is 0 Å². The van der Waals surface area contributed by atoms with Gasteiger partial charge in [0, 0.05) is 19.5 Å². The highest BCUT2D eigenvalue weighted by Crippen LogP contribution is 2.12. The van der Waals surface area contributed by atoms with Crippen LogP contribution in [0.4, 0.5) is 0 Å². The molecule has 1 N–H and O–H groups in total. The molecule has 0 aliphatic carbocycles. The zero-order chi connectivity index (χ0) is 10.6. The number of carbonyl (C=O) groups excluding carboxylic acids is 1. The maximum absolute atomic E-state index is 11.5. The Balaban J connectivity index is 2.46. The Hall–Kier alpha value is -0.620. The number of sulfone groups is 1. The van der Waals surface area contributed by atoms with Gasteiger partial charge in [0.05, 0.1) is 18.1 Å². The van der Waals surface area contributed by atoms with Crippen LogP contribution in [0.2, 0.25) is 0 Å². The van der Waals surface area contributed by atoms with Gasteiger partial charge in [-0.15, -0.1) is 0 Å². The molecule has 0 saturated carbocycles. The van der Waals surface area contributed by atoms with E-state index in [9.17, 15) is 13.2 Å². The smallest absolute Gasteiger partial charge is 0.305 e. The summed E-state index contributed by atoms with van der Waals surface area (Å²) in [6.45, 7) is 0.955. The first kappa shape index (κ1) is 11.5. The van der Waals surface area contributed by atoms with Crippen LogP contribution in [0.1, 0.15) is 12.8 Å². The van der Waals surface area contributed by atoms with Crippen molar-refractivity contribution in [1.82, 2.24) is 5.32 Å². The van der Waals surface area contributed by atoms with E-state index in [4.69, 9.17) is 0 Å². The molecule has 6 heteroatoms. The molecule has 1 rings (SSSR count). The fraction of sp³-hybridized carbons (Fsp3) is 0.875. The summed E-state index contributed by atoms with van der Waals surface area (Å²) in [6, 6.07) is 0. The van der Waals surface area contributed by atoms with Gasteiger partial charge in [0.2, 0.25) is 0 Å². The molecule has 1 saturated heterocycles. The van der Waals surface area contributed by atoms with Gasteiger partial charge < -0.3 is 10.1 Å². The minimum Gasteiger partial charge on any atom is -0.469 e. The third kappa shape index (κ3) is 2.95. The molecule has 1 fully saturated rings. The van der Waals surface area contributed by atoms with E-state index < -0.39 is 15.1 Å². The summed E-state index contributed by atoms with van der Waals surface area (Å²) in [4.78, 5) is 10.8. The Morgan fingerprint density at radius 2 is 2.29 bits per heavy atom. The number of ether oxygens (including phenoxy) is 1. The quantitative estimate of drug-likeness (QED) is 0.640. The summed E-state index contributed by atoms with van der Waals surface area (Å²) in [5.74, 6) is -0.190. The number of methoxy groups -OCH3 is 1. The van der Waals surface area contributed by atoms with Crippen LogP contribution in [-0.4, -0.2) is 45.6 Å². The molecule has 1 aliphatic heterocycles. The van der Waals surface area contributed by atoms with E-state index in [2.05, 4.69) is 10.1 Å². The van der Waals surface area contributed by atoms with Crippen LogP contribution in [0.15, 0.2) is 0 Å². The number of nitrogens with one attached hydrogen (secondary N) is 1. The van der Waals surface area contributed by atoms with Crippen LogP contribution in [0.5, 0.6) is 0 Å². The molecule has 1 atom stereocenters. The highest BCUT2D eigenvalue weighted by atomic mass is 32.2. The van der Waals surface area contributed by atoms with Crippen LogP contribution >= 0.6 is 0 Å². The molecule has 0 aromatic carbocycles. The van der Waals surface area contributed by atoms with Crippen molar-refractivity contribution in [3.05, 3.63) is 0 Å². The third-order valence-corrected chi connectivity index (χ3v) is 4.53. The van der Waals surface area contributed by atoms with Crippen LogP contribution in [0, 0.1) is 0 Å². The fourth-order valence-corrected chi connectivity index (χ4v) is 3.04. The standard InChI is InChI=1S/C8H15NO4S/c1-13-8(10)3-2-7-6-9-4-5-14(7,11)12/h7,9H,2-6H2,1H3. The van der Waals surface area contributed by atoms with Crippen molar-refractivity contribution < 1.29 is 17.9 Å². The Morgan fingerprint density at radius 3 is 2.86 bits per heavy atom. The average molecular weight is 221 g/mol. The minimum atomic E-state index is -3.00. The summed E-state index contributed by atoms with van der Waals surface area (Å²) in [5, 5.41) is 2.57. The minimum absolute atomic E-state index is 0.166. The molecule has 5 nitrogen and oxygen atoms in total. The molecular weight excluding hydrogens is 206 g/mol. The maximum atomic E-state index is 11.5. The van der Waals surface area contributed by atoms with E-state index in [1.165, 1.54) is 7.11 Å². The number of carbonyl (C=O) groups is 1. The van der Waals surface area contributed by atoms with Crippen molar-refractivity contribution in [2.45, 2.75) is 18.1 Å². The molecular formula is C8H15NO4S. The van der Waals surface area contributed by atoms with Gasteiger partial charge in [0.25, 0.3) is 0 Å². The molecule has 0 radical (unpaired) electrons. The Labute approximate surface area is 83.7 Å². The summed E-state index contributed by atoms with van der Waals surface area (Å²) >= 11 is 0. The topological polar surface area (TPSA) is 72.5 Å². The van der Waals surface area contributed by atoms with Crippen LogP contribution in [0.25, 0.3) is 0 Å². The predicted molar refractivity (Wildman–Crippen MR) is 51.7 cm³/mol. The Morgan fingerprint density at radius 1 is 1.57 bits per heavy atom. The molecule has 1 aliphatic rings. The summed E-state index contributed by atoms with van der Waals surface area (Å²) in [5.41, 5.74) is 0. The second kappa shape index (κ2) is 4.75. The molecule has 0 bridgehead atoms. The van der Waals surface area contributed by atoms with Crippen LogP contribution < -0.4 is 5.32 Å². The van der Waals surface area contributed by atoms with Gasteiger partial charge in [0.15, 0.2) is 9.84 Å². The average Bonchev–Trinajstić information content (AvgIpc) is 2.15. The first-order valence-corrected chi connectivity index (χ1v) is 6.27. The SMILES string of the molecule is COC(=O)CCC1CNCCS1(=O)=O. The molecule has 0 aromatic rings. The van der Waals surface area contributed by atoms with Crippen LogP contribution in [-0.2, 0) is 19.4 Å². The number of hydrogen-bond donors (Lipinski definition) is 1. The van der Waals surface area contributed by atoms with E-state index >= 15 is 0 Å². The fourth-order valence-electron chi connectivity index (χ4n) is 1.43. The van der Waals surface area contributed by atoms with Crippen molar-refractivity contribution in [3.8, 4) is 0 Å². The summed E-state index contributed by atoms with van der Waals surface area (Å²) < 4.78 is 27.4. The molecule has 1 unspecified atom stereocenters. The second-order valence-corrected chi connectivity index (χ2v) is 5.71. The normalized spacial score (nSPS) is 25.6. The van der Waals surface area contributed by atoms with E-state index in [-0.39, 0.29) is 18.1 Å². The van der Waals surface area contributed by atoms with Gasteiger partial charge >= 0.3 is 5.97 Å². The van der Waals surface area contributed by atoms with Gasteiger partial charge in [-0.05, 0) is 6.42 Å². The van der Waals surface area contributed by atoms with Crippen molar-refractivity contribution in [2.24, 2.45) is 0 Å². The first-order chi connectivity index (χ1) is 6.56. The lowest BCUT2D eigenvalue weighted by atomic mass is 10.2. The predicted octanol–water partition coefficient (Wildman–Crippen LogP) is -0.674. The summed E-state index contributed by atoms with van der Waals surface area (Å²) in [7, 11) is -1.70. The van der Waals surface area contributed by atoms with Gasteiger partial charge in [-0.1, -0.05) is 0 Å². The van der Waals surface area contributed by atoms with Crippen molar-refractivity contribution >= 4 is 15.8 Å². The lowest BCUT2D eigenvalue weighted by Crippen LogP contribution is -2.44. The van der Waals surface area contributed by atoms with Crippen molar-refractivity contribution in [1.29, 1.82) is 0 Å². The number of rotatable bonds is 3. The zero-order valence-electron chi connectivity index (χ0n) is 8.15. The van der Waals surface area contributed by atoms with E-state index in [1.807, 2.05) is 0 Å². The molecule has 0 spiro atoms. The van der Waals surface area contributed by atoms with E-state index in [0.717, 1.165) is 0 Å². The summed E-state index contributed by atoms with van der Waals surface area (Å²) in [6.07, 6.45) is 0.518. The molecule has 0 amide bonds. The van der Waals surface area contributed by atoms with Gasteiger partial charge in [-0.2, -0.15) is 0 Å². The van der Waals surface area contributed by atoms with Crippen molar-refractivity contribution in [3.63, 3.8) is 0 Å². The lowest BCUT2D eigenvalue weighted by Gasteiger charge is -2.22. The van der Waals surface area contributed by atoms with Gasteiger partial charge in [-0.3, -0.25) is 4.79 Å². The first-order valence-electron chi connectivity index (χ1n) is 4.55. The number of esters is 1. The molecule has 82 valence electrons. The molecule has 1 heterocycles. The van der Waals surface area contributed by atoms with Gasteiger partial charge in [-0.25, -0.2) is 8.42 Å². The Kier molecular flexibility index (Phi) is 3.88. The number of hydrogen-bond acceptors (Lipinski definition) is 5. The maximum Gasteiger partial charge on any atom is 0.305 e. The lowest BCUT2D eigenvalue weighted by molar-refractivity contribution is -0.140. The second-order valence-electron chi connectivity index (χ2n) is 3.31. The van der Waals surface area contributed by atoms with Crippen molar-refractivity contribution in [2.75, 3.05) is 26.0 Å². The molecule has 14 heavy (non-hydrogen) atoms. The Bertz CT molecular complexity index is 298. The van der Waals surface area contributed by atoms with E-state index in [0.29, 0.717) is 19.5 Å². The monoisotopic (exact) mass is 221 g/mol.